The van der Waals surface area contributed by atoms with E-state index in [1.165, 1.54) is 107 Å². The molecule has 27 heteroatoms. The largest absolute Gasteiger partial charge is 1.00 e. The number of carbonyl (C=O) groups excluding carboxylic acids is 1. The van der Waals surface area contributed by atoms with Crippen molar-refractivity contribution >= 4 is 134 Å². The molecule has 2 N–H and O–H groups in total. The number of hydrogen-bond acceptors (Lipinski definition) is 22. The van der Waals surface area contributed by atoms with Gasteiger partial charge in [-0.1, -0.05) is 217 Å². The Hall–Kier alpha value is -8.60. The molecule has 2 aliphatic carbocycles. The van der Waals surface area contributed by atoms with Crippen molar-refractivity contribution in [1.29, 1.82) is 0 Å². The summed E-state index contributed by atoms with van der Waals surface area (Å²) >= 11 is 32.7. The van der Waals surface area contributed by atoms with Crippen LogP contribution in [0.2, 0.25) is 0 Å². The van der Waals surface area contributed by atoms with E-state index in [0.29, 0.717) is 81.0 Å². The second-order valence-corrected chi connectivity index (χ2v) is 38.1. The molecule has 0 spiro atoms. The van der Waals surface area contributed by atoms with E-state index in [9.17, 15) is 19.5 Å². The fourth-order valence-electron chi connectivity index (χ4n) is 13.1. The molecule has 0 saturated carbocycles. The third-order valence-corrected chi connectivity index (χ3v) is 25.3. The molecule has 0 radical (unpaired) electrons. The molecule has 4 aromatic heterocycles. The van der Waals surface area contributed by atoms with Crippen molar-refractivity contribution in [3.05, 3.63) is 391 Å². The first-order valence-corrected chi connectivity index (χ1v) is 53.0. The molecule has 0 fully saturated rings. The molecule has 2 aliphatic heterocycles. The number of pyridine rings is 4. The average molecular weight is 2000 g/mol. The van der Waals surface area contributed by atoms with Crippen molar-refractivity contribution in [2.45, 2.75) is 123 Å². The molecule has 7 aromatic carbocycles. The summed E-state index contributed by atoms with van der Waals surface area (Å²) in [6, 6.07) is 94.6. The Morgan fingerprint density at radius 3 is 1.09 bits per heavy atom. The molecule has 0 saturated heterocycles. The van der Waals surface area contributed by atoms with E-state index >= 15 is 0 Å². The standard InChI is InChI=1S/C30H29N3O3S.2C18H23ClN2S.C12H7NO3.C12H18S.C7H7Cl2N.C7H6O.C4H11NS.Na/c1-2-37-16-15-33(19-22-7-4-3-5-8-22)20-23-9-6-10-24(31-23)21-35-26-12-14-28-30(18-26)36-29-17-25(34)11-13-27(29)32-28;2*1-2-22-12-11-21(14-16-7-4-3-5-8-16)15-18-10-6-9-17(13-19)20-18;14-7-1-3-9-11(5-7)16-12-6-8(15)2-4-10(12)13-9;1-2-13-11-7-6-10-12-8-4-3-5-9-12;8-4-6-2-1-3-7(5-9)10-6;8-6-7-4-2-1-3-5-7;1-2-6-4-3-5;/h3-14,17-18H,2,15-16,19-21H2,1H3;2*3-10H,2,11-15H2,1H3;1-6,14H;3-5,8-9H,2,6-7,10-11H2,1H3;1-3H,4-5H2;1-6H;2-5H2,1H3;/q;;;;;;;;+1/p-1. The molecule has 6 heterocycles. The first kappa shape index (κ1) is 113. The number of fused-ring (bicyclic) bond motifs is 4. The molecule has 0 bridgehead atoms. The molecule has 0 unspecified atom stereocenters. The molecule has 4 aliphatic rings. The number of rotatable bonds is 41. The van der Waals surface area contributed by atoms with Crippen LogP contribution in [0.5, 0.6) is 11.5 Å². The fourth-order valence-corrected chi connectivity index (χ4v) is 16.9. The summed E-state index contributed by atoms with van der Waals surface area (Å²) in [5, 5.41) is 11.1. The molecular weight excluding hydrogens is 1870 g/mol. The Morgan fingerprint density at radius 2 is 0.711 bits per heavy atom. The van der Waals surface area contributed by atoms with Crippen LogP contribution in [0.4, 0.5) is 0 Å². The van der Waals surface area contributed by atoms with Crippen LogP contribution in [0, 0.1) is 0 Å². The number of thioether (sulfide) groups is 5. The fraction of sp³-hybridized carbons (Fsp3) is 0.306. The van der Waals surface area contributed by atoms with E-state index in [1.54, 1.807) is 36.4 Å². The van der Waals surface area contributed by atoms with Gasteiger partial charge in [-0.3, -0.25) is 49.0 Å². The molecule has 0 atom stereocenters. The Labute approximate surface area is 861 Å². The molecule has 0 amide bonds. The number of aromatic nitrogens is 6. The minimum absolute atomic E-state index is 0. The van der Waals surface area contributed by atoms with Gasteiger partial charge in [0.2, 0.25) is 0 Å². The number of benzene rings is 9. The van der Waals surface area contributed by atoms with E-state index in [0.717, 1.165) is 152 Å². The molecule has 11 aromatic rings. The number of carbonyl (C=O) groups is 1. The second-order valence-electron chi connectivity index (χ2n) is 30.1. The van der Waals surface area contributed by atoms with Crippen molar-refractivity contribution in [3.63, 3.8) is 0 Å². The SMILES string of the molecule is CCSCCCCc1ccccc1.CCSCCN.CCSCCN(Cc1ccccc1)Cc1cccc(CCl)n1.CCSCCN(Cc1ccccc1)Cc1cccc(CCl)n1.CCSCCN(Cc1ccccc1)Cc1cccc(COc2ccc3nc4ccc(=O)cc-4oc3c2)n1.ClCc1cccc(CCl)n1.O=Cc1ccccc1.O=c1ccc2nc3ccc([O-])cc3oc-2c1.[Na+]. The summed E-state index contributed by atoms with van der Waals surface area (Å²) in [6.07, 6.45) is 4.76. The summed E-state index contributed by atoms with van der Waals surface area (Å²) in [4.78, 5) is 67.3. The number of alkyl halides is 4. The van der Waals surface area contributed by atoms with Gasteiger partial charge >= 0.3 is 29.6 Å². The summed E-state index contributed by atoms with van der Waals surface area (Å²) in [6.45, 7) is 20.6. The Kier molecular flexibility index (Phi) is 58.2. The molecule has 706 valence electrons. The second kappa shape index (κ2) is 69.3. The predicted molar refractivity (Wildman–Crippen MR) is 570 cm³/mol. The third kappa shape index (κ3) is 46.2. The maximum absolute atomic E-state index is 11.7. The van der Waals surface area contributed by atoms with Crippen molar-refractivity contribution in [1.82, 2.24) is 44.6 Å². The van der Waals surface area contributed by atoms with Crippen LogP contribution in [0.15, 0.2) is 316 Å². The first-order valence-electron chi connectivity index (χ1n) is 45.1. The van der Waals surface area contributed by atoms with Crippen LogP contribution < -0.4 is 56.0 Å². The van der Waals surface area contributed by atoms with Crippen molar-refractivity contribution in [3.8, 4) is 34.4 Å². The summed E-state index contributed by atoms with van der Waals surface area (Å²) in [7, 11) is 0. The molecule has 17 nitrogen and oxygen atoms in total. The van der Waals surface area contributed by atoms with Crippen LogP contribution in [0.1, 0.15) is 126 Å². The number of ether oxygens (including phenoxy) is 1. The van der Waals surface area contributed by atoms with Gasteiger partial charge in [0.1, 0.15) is 41.1 Å². The van der Waals surface area contributed by atoms with Gasteiger partial charge in [0.15, 0.2) is 33.5 Å². The minimum Gasteiger partial charge on any atom is -0.872 e. The van der Waals surface area contributed by atoms with Gasteiger partial charge in [-0.2, -0.15) is 58.8 Å². The monoisotopic (exact) mass is 1990 g/mol. The Bertz CT molecular complexity index is 5650. The number of unbranched alkanes of at least 4 members (excludes halogenated alkanes) is 1. The maximum atomic E-state index is 11.7. The number of aldehydes is 1. The molecule has 135 heavy (non-hydrogen) atoms. The van der Waals surface area contributed by atoms with E-state index in [2.05, 4.69) is 214 Å². The normalized spacial score (nSPS) is 10.6. The third-order valence-electron chi connectivity index (χ3n) is 19.7. The van der Waals surface area contributed by atoms with Crippen LogP contribution in [0.3, 0.4) is 0 Å². The van der Waals surface area contributed by atoms with Gasteiger partial charge < -0.3 is 24.4 Å². The zero-order chi connectivity index (χ0) is 95.2. The van der Waals surface area contributed by atoms with E-state index < -0.39 is 0 Å². The van der Waals surface area contributed by atoms with Gasteiger partial charge in [0.05, 0.1) is 69.1 Å². The van der Waals surface area contributed by atoms with Gasteiger partial charge in [-0.05, 0) is 173 Å². The Balaban J connectivity index is 0.000000223. The zero-order valence-electron chi connectivity index (χ0n) is 78.2. The number of nitrogens with zero attached hydrogens (tertiary/aromatic N) is 9. The van der Waals surface area contributed by atoms with E-state index in [-0.39, 0.29) is 46.2 Å². The van der Waals surface area contributed by atoms with Crippen LogP contribution in [-0.2, 0) is 75.8 Å². The van der Waals surface area contributed by atoms with Gasteiger partial charge in [0, 0.05) is 112 Å². The van der Waals surface area contributed by atoms with Crippen molar-refractivity contribution < 1.29 is 53.0 Å². The number of nitrogens with two attached hydrogens (primary N) is 1. The zero-order valence-corrected chi connectivity index (χ0v) is 87.3. The average Bonchev–Trinajstić information content (AvgIpc) is 0.795. The van der Waals surface area contributed by atoms with Crippen molar-refractivity contribution in [2.24, 2.45) is 5.73 Å². The summed E-state index contributed by atoms with van der Waals surface area (Å²) < 4.78 is 17.4. The van der Waals surface area contributed by atoms with E-state index in [4.69, 9.17) is 70.7 Å². The quantitative estimate of drug-likeness (QED) is 0.0124. The Morgan fingerprint density at radius 1 is 0.363 bits per heavy atom. The van der Waals surface area contributed by atoms with Crippen molar-refractivity contribution in [2.75, 3.05) is 83.7 Å². The van der Waals surface area contributed by atoms with Gasteiger partial charge in [-0.25, -0.2) is 9.97 Å². The molecule has 15 rings (SSSR count). The van der Waals surface area contributed by atoms with Gasteiger partial charge in [-0.15, -0.1) is 52.2 Å². The topological polar surface area (TPSA) is 223 Å². The van der Waals surface area contributed by atoms with Gasteiger partial charge in [0.25, 0.3) is 0 Å². The van der Waals surface area contributed by atoms with Crippen LogP contribution >= 0.6 is 105 Å². The summed E-state index contributed by atoms with van der Waals surface area (Å²) in [5.41, 5.74) is 22.4. The number of hydrogen-bond donors (Lipinski definition) is 1. The van der Waals surface area contributed by atoms with E-state index in [1.807, 2.05) is 144 Å². The smallest absolute Gasteiger partial charge is 0.872 e. The maximum Gasteiger partial charge on any atom is 1.00 e. The summed E-state index contributed by atoms with van der Waals surface area (Å²) in [5.74, 6) is 14.9. The van der Waals surface area contributed by atoms with Crippen LogP contribution in [0.25, 0.3) is 45.1 Å². The minimum atomic E-state index is -0.143. The van der Waals surface area contributed by atoms with Crippen LogP contribution in [-0.4, -0.2) is 135 Å². The number of aryl methyl sites for hydroxylation is 1. The predicted octanol–water partition coefficient (Wildman–Crippen LogP) is 22.1. The first-order chi connectivity index (χ1) is 65.6. The molecular formula is C108H123Cl4N10NaO7S5. The number of halogens is 4.